The van der Waals surface area contributed by atoms with Crippen LogP contribution in [0.3, 0.4) is 0 Å². The molecule has 124 valence electrons. The Hall–Kier alpha value is -2.36. The highest BCUT2D eigenvalue weighted by molar-refractivity contribution is 5.84. The van der Waals surface area contributed by atoms with Crippen LogP contribution in [-0.2, 0) is 4.79 Å². The number of allylic oxidation sites excluding steroid dienone is 2. The lowest BCUT2D eigenvalue weighted by molar-refractivity contribution is -0.135. The monoisotopic (exact) mass is 322 g/mol. The van der Waals surface area contributed by atoms with Crippen LogP contribution in [-0.4, -0.2) is 35.0 Å². The summed E-state index contributed by atoms with van der Waals surface area (Å²) in [6.07, 6.45) is 9.92. The van der Waals surface area contributed by atoms with Gasteiger partial charge in [-0.25, -0.2) is 0 Å². The van der Waals surface area contributed by atoms with Crippen molar-refractivity contribution in [2.45, 2.75) is 31.8 Å². The third-order valence-corrected chi connectivity index (χ3v) is 4.96. The van der Waals surface area contributed by atoms with Crippen molar-refractivity contribution in [2.75, 3.05) is 13.1 Å². The molecular formula is C20H22N2O2. The van der Waals surface area contributed by atoms with E-state index in [1.807, 2.05) is 35.2 Å². The summed E-state index contributed by atoms with van der Waals surface area (Å²) >= 11 is 0. The number of carbonyl (C=O) groups excluding carboxylic acids is 1. The summed E-state index contributed by atoms with van der Waals surface area (Å²) in [7, 11) is 0. The zero-order valence-corrected chi connectivity index (χ0v) is 13.7. The molecule has 4 rings (SSSR count). The summed E-state index contributed by atoms with van der Waals surface area (Å²) in [6, 6.07) is 9.96. The number of hydrogen-bond donors (Lipinski definition) is 0. The number of likely N-dealkylation sites (tertiary alicyclic amines) is 1. The number of ether oxygens (including phenoxy) is 1. The van der Waals surface area contributed by atoms with Gasteiger partial charge in [0.25, 0.3) is 0 Å². The first-order chi connectivity index (χ1) is 11.8. The number of para-hydroxylation sites is 1. The topological polar surface area (TPSA) is 42.4 Å². The number of benzene rings is 1. The molecule has 4 heteroatoms. The van der Waals surface area contributed by atoms with Crippen LogP contribution in [0.5, 0.6) is 5.75 Å². The molecule has 0 N–H and O–H groups in total. The van der Waals surface area contributed by atoms with Gasteiger partial charge in [-0.1, -0.05) is 30.4 Å². The molecule has 1 amide bonds. The number of fused-ring (bicyclic) bond motifs is 1. The van der Waals surface area contributed by atoms with Crippen LogP contribution in [0.4, 0.5) is 0 Å². The zero-order valence-electron chi connectivity index (χ0n) is 13.7. The van der Waals surface area contributed by atoms with E-state index < -0.39 is 0 Å². The molecular weight excluding hydrogens is 300 g/mol. The Morgan fingerprint density at radius 3 is 2.96 bits per heavy atom. The Morgan fingerprint density at radius 1 is 1.17 bits per heavy atom. The average Bonchev–Trinajstić information content (AvgIpc) is 3.11. The second-order valence-electron chi connectivity index (χ2n) is 6.63. The van der Waals surface area contributed by atoms with E-state index in [9.17, 15) is 4.79 Å². The predicted molar refractivity (Wildman–Crippen MR) is 93.8 cm³/mol. The third kappa shape index (κ3) is 3.01. The van der Waals surface area contributed by atoms with E-state index >= 15 is 0 Å². The fraction of sp³-hybridized carbons (Fsp3) is 0.400. The highest BCUT2D eigenvalue weighted by Crippen LogP contribution is 2.28. The fourth-order valence-electron chi connectivity index (χ4n) is 3.65. The molecule has 2 atom stereocenters. The maximum absolute atomic E-state index is 12.6. The van der Waals surface area contributed by atoms with Gasteiger partial charge in [-0.05, 0) is 31.4 Å². The molecule has 1 saturated heterocycles. The minimum absolute atomic E-state index is 0.0562. The number of nitrogens with zero attached hydrogens (tertiary/aromatic N) is 2. The molecule has 1 aromatic heterocycles. The molecule has 2 heterocycles. The van der Waals surface area contributed by atoms with Gasteiger partial charge in [0.2, 0.25) is 5.91 Å². The number of amides is 1. The largest absolute Gasteiger partial charge is 0.486 e. The number of aromatic nitrogens is 1. The van der Waals surface area contributed by atoms with E-state index in [4.69, 9.17) is 4.74 Å². The third-order valence-electron chi connectivity index (χ3n) is 4.96. The Balaban J connectivity index is 1.43. The van der Waals surface area contributed by atoms with Crippen LogP contribution in [0, 0.1) is 5.92 Å². The van der Waals surface area contributed by atoms with Crippen molar-refractivity contribution in [1.82, 2.24) is 9.88 Å². The Kier molecular flexibility index (Phi) is 4.20. The van der Waals surface area contributed by atoms with E-state index in [1.165, 1.54) is 0 Å². The smallest absolute Gasteiger partial charge is 0.226 e. The van der Waals surface area contributed by atoms with Crippen LogP contribution in [0.1, 0.15) is 25.7 Å². The second kappa shape index (κ2) is 6.63. The molecule has 1 aromatic carbocycles. The molecule has 0 unspecified atom stereocenters. The highest BCUT2D eigenvalue weighted by Gasteiger charge is 2.31. The molecule has 0 saturated carbocycles. The molecule has 0 radical (unpaired) electrons. The van der Waals surface area contributed by atoms with Gasteiger partial charge in [-0.2, -0.15) is 0 Å². The molecule has 1 aliphatic heterocycles. The highest BCUT2D eigenvalue weighted by atomic mass is 16.5. The van der Waals surface area contributed by atoms with Crippen molar-refractivity contribution in [3.05, 3.63) is 48.7 Å². The first kappa shape index (κ1) is 15.2. The van der Waals surface area contributed by atoms with Crippen molar-refractivity contribution in [3.8, 4) is 5.75 Å². The number of pyridine rings is 1. The second-order valence-corrected chi connectivity index (χ2v) is 6.63. The Bertz CT molecular complexity index is 766. The molecule has 24 heavy (non-hydrogen) atoms. The van der Waals surface area contributed by atoms with Gasteiger partial charge in [0.05, 0.1) is 6.54 Å². The maximum atomic E-state index is 12.6. The summed E-state index contributed by atoms with van der Waals surface area (Å²) in [6.45, 7) is 1.48. The van der Waals surface area contributed by atoms with Crippen LogP contribution in [0.2, 0.25) is 0 Å². The molecule has 1 aliphatic carbocycles. The minimum atomic E-state index is 0.0562. The van der Waals surface area contributed by atoms with E-state index in [0.717, 1.165) is 48.9 Å². The van der Waals surface area contributed by atoms with Crippen LogP contribution < -0.4 is 4.74 Å². The summed E-state index contributed by atoms with van der Waals surface area (Å²) in [5.74, 6) is 1.27. The molecule has 0 spiro atoms. The average molecular weight is 322 g/mol. The number of rotatable bonds is 3. The fourth-order valence-corrected chi connectivity index (χ4v) is 3.65. The zero-order chi connectivity index (χ0) is 16.4. The molecule has 4 nitrogen and oxygen atoms in total. The predicted octanol–water partition coefficient (Wildman–Crippen LogP) is 3.57. The summed E-state index contributed by atoms with van der Waals surface area (Å²) < 4.78 is 6.19. The van der Waals surface area contributed by atoms with Gasteiger partial charge in [0, 0.05) is 30.5 Å². The summed E-state index contributed by atoms with van der Waals surface area (Å²) in [5.41, 5.74) is 0.891. The minimum Gasteiger partial charge on any atom is -0.486 e. The maximum Gasteiger partial charge on any atom is 0.226 e. The van der Waals surface area contributed by atoms with Gasteiger partial charge >= 0.3 is 0 Å². The van der Waals surface area contributed by atoms with E-state index in [0.29, 0.717) is 12.5 Å². The lowest BCUT2D eigenvalue weighted by Gasteiger charge is -2.24. The first-order valence-electron chi connectivity index (χ1n) is 8.75. The van der Waals surface area contributed by atoms with E-state index in [-0.39, 0.29) is 12.0 Å². The van der Waals surface area contributed by atoms with Crippen molar-refractivity contribution < 1.29 is 9.53 Å². The van der Waals surface area contributed by atoms with Gasteiger partial charge in [-0.15, -0.1) is 0 Å². The van der Waals surface area contributed by atoms with Gasteiger partial charge < -0.3 is 9.64 Å². The van der Waals surface area contributed by atoms with Gasteiger partial charge in [-0.3, -0.25) is 9.78 Å². The summed E-state index contributed by atoms with van der Waals surface area (Å²) in [5, 5.41) is 1.08. The lowest BCUT2D eigenvalue weighted by atomic mass is 9.93. The molecule has 0 bridgehead atoms. The van der Waals surface area contributed by atoms with Crippen LogP contribution in [0.15, 0.2) is 48.7 Å². The van der Waals surface area contributed by atoms with Crippen molar-refractivity contribution in [2.24, 2.45) is 5.92 Å². The molecule has 2 aromatic rings. The Morgan fingerprint density at radius 2 is 2.08 bits per heavy atom. The van der Waals surface area contributed by atoms with Crippen molar-refractivity contribution in [1.29, 1.82) is 0 Å². The van der Waals surface area contributed by atoms with Gasteiger partial charge in [0.1, 0.15) is 17.4 Å². The SMILES string of the molecule is O=C([C@H]1CC=CCC1)N1CC[C@H](Oc2cccc3cccnc23)C1. The normalized spacial score (nSPS) is 23.6. The molecule has 2 aliphatic rings. The van der Waals surface area contributed by atoms with Crippen molar-refractivity contribution in [3.63, 3.8) is 0 Å². The standard InChI is InChI=1S/C20H22N2O2/c23-20(16-6-2-1-3-7-16)22-13-11-17(14-22)24-18-10-4-8-15-9-5-12-21-19(15)18/h1-2,4-5,8-10,12,16-17H,3,6-7,11,13-14H2/t16-,17-/m0/s1. The van der Waals surface area contributed by atoms with Crippen molar-refractivity contribution >= 4 is 16.8 Å². The van der Waals surface area contributed by atoms with Crippen LogP contribution in [0.25, 0.3) is 10.9 Å². The van der Waals surface area contributed by atoms with Crippen LogP contribution >= 0.6 is 0 Å². The lowest BCUT2D eigenvalue weighted by Crippen LogP contribution is -2.36. The van der Waals surface area contributed by atoms with E-state index in [1.54, 1.807) is 6.20 Å². The number of carbonyl (C=O) groups is 1. The van der Waals surface area contributed by atoms with E-state index in [2.05, 4.69) is 17.1 Å². The number of hydrogen-bond acceptors (Lipinski definition) is 3. The van der Waals surface area contributed by atoms with Gasteiger partial charge in [0.15, 0.2) is 0 Å². The molecule has 1 fully saturated rings. The first-order valence-corrected chi connectivity index (χ1v) is 8.75. The Labute approximate surface area is 142 Å². The summed E-state index contributed by atoms with van der Waals surface area (Å²) in [4.78, 5) is 19.1. The quantitative estimate of drug-likeness (QED) is 0.811.